The maximum Gasteiger partial charge on any atom is 0.268 e. The van der Waals surface area contributed by atoms with Crippen molar-refractivity contribution in [2.45, 2.75) is 6.54 Å². The van der Waals surface area contributed by atoms with Crippen molar-refractivity contribution in [3.05, 3.63) is 48.0 Å². The number of carbonyl (C=O) groups excluding carboxylic acids is 1. The molecule has 0 aromatic carbocycles. The Kier molecular flexibility index (Phi) is 2.86. The van der Waals surface area contributed by atoms with E-state index in [1.54, 1.807) is 24.7 Å². The summed E-state index contributed by atoms with van der Waals surface area (Å²) in [5.74, 6) is -0.173. The summed E-state index contributed by atoms with van der Waals surface area (Å²) < 4.78 is 0. The minimum Gasteiger partial charge on any atom is -0.397 e. The lowest BCUT2D eigenvalue weighted by Gasteiger charge is -2.02. The SMILES string of the molecule is Nc1c[nH]c(C(=O)NCc2ccncc2)c1. The number of H-pyrrole nitrogens is 1. The molecule has 0 radical (unpaired) electrons. The second-order valence-electron chi connectivity index (χ2n) is 3.38. The van der Waals surface area contributed by atoms with Crippen molar-refractivity contribution in [3.8, 4) is 0 Å². The van der Waals surface area contributed by atoms with Gasteiger partial charge in [-0.3, -0.25) is 9.78 Å². The van der Waals surface area contributed by atoms with E-state index in [-0.39, 0.29) is 5.91 Å². The van der Waals surface area contributed by atoms with Crippen LogP contribution >= 0.6 is 0 Å². The van der Waals surface area contributed by atoms with Gasteiger partial charge in [-0.1, -0.05) is 0 Å². The van der Waals surface area contributed by atoms with Crippen molar-refractivity contribution in [1.82, 2.24) is 15.3 Å². The molecule has 0 aliphatic rings. The largest absolute Gasteiger partial charge is 0.397 e. The lowest BCUT2D eigenvalue weighted by Crippen LogP contribution is -2.23. The predicted molar refractivity (Wildman–Crippen MR) is 60.6 cm³/mol. The smallest absolute Gasteiger partial charge is 0.268 e. The third kappa shape index (κ3) is 2.38. The summed E-state index contributed by atoms with van der Waals surface area (Å²) in [6.07, 6.45) is 4.96. The zero-order valence-electron chi connectivity index (χ0n) is 8.60. The number of carbonyl (C=O) groups is 1. The van der Waals surface area contributed by atoms with Crippen LogP contribution in [0.3, 0.4) is 0 Å². The molecule has 82 valence electrons. The van der Waals surface area contributed by atoms with E-state index in [1.165, 1.54) is 0 Å². The maximum absolute atomic E-state index is 11.6. The highest BCUT2D eigenvalue weighted by molar-refractivity contribution is 5.93. The van der Waals surface area contributed by atoms with Crippen LogP contribution in [0.15, 0.2) is 36.8 Å². The fraction of sp³-hybridized carbons (Fsp3) is 0.0909. The fourth-order valence-corrected chi connectivity index (χ4v) is 1.32. The summed E-state index contributed by atoms with van der Waals surface area (Å²) in [6, 6.07) is 5.30. The lowest BCUT2D eigenvalue weighted by atomic mass is 10.2. The van der Waals surface area contributed by atoms with Gasteiger partial charge in [0.2, 0.25) is 0 Å². The van der Waals surface area contributed by atoms with Crippen molar-refractivity contribution < 1.29 is 4.79 Å². The molecular weight excluding hydrogens is 204 g/mol. The molecule has 0 saturated carbocycles. The molecule has 16 heavy (non-hydrogen) atoms. The first-order valence-corrected chi connectivity index (χ1v) is 4.87. The van der Waals surface area contributed by atoms with Crippen LogP contribution in [0.1, 0.15) is 16.1 Å². The molecule has 5 heteroatoms. The molecule has 0 aliphatic heterocycles. The maximum atomic E-state index is 11.6. The molecule has 2 aromatic rings. The van der Waals surface area contributed by atoms with Crippen LogP contribution in [0.2, 0.25) is 0 Å². The topological polar surface area (TPSA) is 83.8 Å². The summed E-state index contributed by atoms with van der Waals surface area (Å²) >= 11 is 0. The van der Waals surface area contributed by atoms with Crippen LogP contribution in [0.4, 0.5) is 5.69 Å². The number of hydrogen-bond acceptors (Lipinski definition) is 3. The quantitative estimate of drug-likeness (QED) is 0.713. The molecule has 1 amide bonds. The second-order valence-corrected chi connectivity index (χ2v) is 3.38. The normalized spacial score (nSPS) is 10.0. The molecule has 0 atom stereocenters. The Bertz CT molecular complexity index is 478. The Labute approximate surface area is 92.7 Å². The van der Waals surface area contributed by atoms with E-state index in [9.17, 15) is 4.79 Å². The standard InChI is InChI=1S/C11H12N4O/c12-9-5-10(14-7-9)11(16)15-6-8-1-3-13-4-2-8/h1-5,7,14H,6,12H2,(H,15,16). The van der Waals surface area contributed by atoms with Gasteiger partial charge in [0.1, 0.15) is 5.69 Å². The summed E-state index contributed by atoms with van der Waals surface area (Å²) in [5.41, 5.74) is 7.52. The number of aromatic nitrogens is 2. The highest BCUT2D eigenvalue weighted by Gasteiger charge is 2.06. The molecule has 0 unspecified atom stereocenters. The first kappa shape index (κ1) is 10.2. The molecule has 4 N–H and O–H groups in total. The van der Waals surface area contributed by atoms with E-state index >= 15 is 0 Å². The molecule has 2 aromatic heterocycles. The first-order chi connectivity index (χ1) is 7.75. The molecule has 5 nitrogen and oxygen atoms in total. The van der Waals surface area contributed by atoms with Crippen LogP contribution in [0.5, 0.6) is 0 Å². The molecule has 0 bridgehead atoms. The van der Waals surface area contributed by atoms with Crippen LogP contribution in [-0.4, -0.2) is 15.9 Å². The van der Waals surface area contributed by atoms with Crippen molar-refractivity contribution in [1.29, 1.82) is 0 Å². The molecule has 0 fully saturated rings. The number of hydrogen-bond donors (Lipinski definition) is 3. The Morgan fingerprint density at radius 2 is 2.19 bits per heavy atom. The fourth-order valence-electron chi connectivity index (χ4n) is 1.32. The van der Waals surface area contributed by atoms with Gasteiger partial charge in [0.05, 0.1) is 0 Å². The Balaban J connectivity index is 1.94. The minimum atomic E-state index is -0.173. The van der Waals surface area contributed by atoms with Gasteiger partial charge >= 0.3 is 0 Å². The molecule has 2 heterocycles. The average molecular weight is 216 g/mol. The van der Waals surface area contributed by atoms with E-state index < -0.39 is 0 Å². The second kappa shape index (κ2) is 4.48. The zero-order chi connectivity index (χ0) is 11.4. The number of nitrogens with two attached hydrogens (primary N) is 1. The van der Waals surface area contributed by atoms with Crippen molar-refractivity contribution in [2.75, 3.05) is 5.73 Å². The molecule has 2 rings (SSSR count). The number of anilines is 1. The minimum absolute atomic E-state index is 0.173. The van der Waals surface area contributed by atoms with Crippen molar-refractivity contribution in [2.24, 2.45) is 0 Å². The van der Waals surface area contributed by atoms with Crippen LogP contribution in [-0.2, 0) is 6.54 Å². The van der Waals surface area contributed by atoms with E-state index in [1.807, 2.05) is 12.1 Å². The number of nitrogens with zero attached hydrogens (tertiary/aromatic N) is 1. The average Bonchev–Trinajstić information content (AvgIpc) is 2.74. The molecule has 0 aliphatic carbocycles. The lowest BCUT2D eigenvalue weighted by molar-refractivity contribution is 0.0946. The third-order valence-corrected chi connectivity index (χ3v) is 2.15. The number of nitrogens with one attached hydrogen (secondary N) is 2. The van der Waals surface area contributed by atoms with Gasteiger partial charge in [-0.25, -0.2) is 0 Å². The van der Waals surface area contributed by atoms with Crippen molar-refractivity contribution in [3.63, 3.8) is 0 Å². The molecular formula is C11H12N4O. The number of rotatable bonds is 3. The Morgan fingerprint density at radius 1 is 1.44 bits per heavy atom. The number of amides is 1. The van der Waals surface area contributed by atoms with Gasteiger partial charge < -0.3 is 16.0 Å². The first-order valence-electron chi connectivity index (χ1n) is 4.87. The van der Waals surface area contributed by atoms with E-state index in [0.29, 0.717) is 17.9 Å². The number of nitrogen functional groups attached to an aromatic ring is 1. The van der Waals surface area contributed by atoms with Gasteiger partial charge in [0.15, 0.2) is 0 Å². The highest BCUT2D eigenvalue weighted by Crippen LogP contribution is 2.04. The van der Waals surface area contributed by atoms with E-state index in [2.05, 4.69) is 15.3 Å². The highest BCUT2D eigenvalue weighted by atomic mass is 16.1. The summed E-state index contributed by atoms with van der Waals surface area (Å²) in [5, 5.41) is 2.78. The van der Waals surface area contributed by atoms with Gasteiger partial charge in [-0.15, -0.1) is 0 Å². The van der Waals surface area contributed by atoms with Gasteiger partial charge in [0.25, 0.3) is 5.91 Å². The number of aromatic amines is 1. The van der Waals surface area contributed by atoms with Gasteiger partial charge in [0, 0.05) is 30.8 Å². The van der Waals surface area contributed by atoms with E-state index in [4.69, 9.17) is 5.73 Å². The van der Waals surface area contributed by atoms with Gasteiger partial charge in [-0.2, -0.15) is 0 Å². The summed E-state index contributed by atoms with van der Waals surface area (Å²) in [6.45, 7) is 0.472. The molecule has 0 spiro atoms. The predicted octanol–water partition coefficient (Wildman–Crippen LogP) is 0.922. The van der Waals surface area contributed by atoms with Crippen LogP contribution in [0, 0.1) is 0 Å². The van der Waals surface area contributed by atoms with Crippen LogP contribution in [0.25, 0.3) is 0 Å². The summed E-state index contributed by atoms with van der Waals surface area (Å²) in [7, 11) is 0. The summed E-state index contributed by atoms with van der Waals surface area (Å²) in [4.78, 5) is 18.3. The zero-order valence-corrected chi connectivity index (χ0v) is 8.60. The van der Waals surface area contributed by atoms with Gasteiger partial charge in [-0.05, 0) is 23.8 Å². The third-order valence-electron chi connectivity index (χ3n) is 2.15. The van der Waals surface area contributed by atoms with Crippen LogP contribution < -0.4 is 11.1 Å². The van der Waals surface area contributed by atoms with E-state index in [0.717, 1.165) is 5.56 Å². The number of pyridine rings is 1. The monoisotopic (exact) mass is 216 g/mol. The van der Waals surface area contributed by atoms with Crippen molar-refractivity contribution >= 4 is 11.6 Å². The Hall–Kier alpha value is -2.30. The Morgan fingerprint density at radius 3 is 2.81 bits per heavy atom. The molecule has 0 saturated heterocycles.